The van der Waals surface area contributed by atoms with Crippen molar-refractivity contribution in [3.8, 4) is 11.3 Å². The molecule has 1 atom stereocenters. The van der Waals surface area contributed by atoms with Crippen molar-refractivity contribution >= 4 is 21.9 Å². The van der Waals surface area contributed by atoms with Gasteiger partial charge in [-0.3, -0.25) is 4.68 Å². The van der Waals surface area contributed by atoms with Gasteiger partial charge in [-0.15, -0.1) is 0 Å². The smallest absolute Gasteiger partial charge is 0.332 e. The average Bonchev–Trinajstić information content (AvgIpc) is 3.35. The molecule has 0 bridgehead atoms. The van der Waals surface area contributed by atoms with Crippen LogP contribution in [0.4, 0.5) is 0 Å². The van der Waals surface area contributed by atoms with Gasteiger partial charge in [-0.05, 0) is 101 Å². The Kier molecular flexibility index (Phi) is 9.72. The van der Waals surface area contributed by atoms with Crippen LogP contribution in [-0.4, -0.2) is 53.1 Å². The second-order valence-electron chi connectivity index (χ2n) is 12.1. The Hall–Kier alpha value is -1.74. The molecule has 1 aliphatic carbocycles. The number of rotatable bonds is 10. The molecule has 1 aromatic heterocycles. The average molecular weight is 592 g/mol. The number of halogens is 1. The topological polar surface area (TPSA) is 71.8 Å². The van der Waals surface area contributed by atoms with Gasteiger partial charge >= 0.3 is 5.97 Å². The molecule has 1 aliphatic heterocycles. The zero-order chi connectivity index (χ0) is 27.3. The maximum absolute atomic E-state index is 11.9. The quantitative estimate of drug-likeness (QED) is 0.292. The van der Waals surface area contributed by atoms with E-state index in [1.54, 1.807) is 0 Å². The Bertz CT molecular complexity index is 1050. The number of benzene rings is 1. The van der Waals surface area contributed by atoms with E-state index in [0.717, 1.165) is 60.9 Å². The van der Waals surface area contributed by atoms with Crippen LogP contribution in [0.2, 0.25) is 0 Å². The first-order chi connectivity index (χ1) is 18.0. The Morgan fingerprint density at radius 2 is 1.82 bits per heavy atom. The SMILES string of the molecule is CC(C)(C)OC(=O)COC[C@H]1CC[C@H](Cn2nc(CC[C@H]3COC(C)(C)O3)c(Br)c2-c2ccccc2)CC1. The second kappa shape index (κ2) is 12.6. The molecule has 0 amide bonds. The molecule has 0 radical (unpaired) electrons. The number of ether oxygens (including phenoxy) is 4. The van der Waals surface area contributed by atoms with E-state index in [4.69, 9.17) is 24.0 Å². The number of hydrogen-bond donors (Lipinski definition) is 0. The summed E-state index contributed by atoms with van der Waals surface area (Å²) in [5, 5.41) is 5.09. The minimum absolute atomic E-state index is 0.0250. The van der Waals surface area contributed by atoms with Gasteiger partial charge in [-0.25, -0.2) is 4.79 Å². The normalized spacial score (nSPS) is 23.5. The number of aryl methyl sites for hydroxylation is 1. The highest BCUT2D eigenvalue weighted by atomic mass is 79.9. The Morgan fingerprint density at radius 1 is 1.13 bits per heavy atom. The molecule has 0 spiro atoms. The molecule has 38 heavy (non-hydrogen) atoms. The van der Waals surface area contributed by atoms with Gasteiger partial charge in [0, 0.05) is 12.1 Å². The number of nitrogens with zero attached hydrogens (tertiary/aromatic N) is 2. The van der Waals surface area contributed by atoms with Crippen molar-refractivity contribution in [2.45, 2.75) is 97.2 Å². The maximum atomic E-state index is 11.9. The van der Waals surface area contributed by atoms with Gasteiger partial charge in [0.05, 0.1) is 35.2 Å². The summed E-state index contributed by atoms with van der Waals surface area (Å²) < 4.78 is 26.1. The Labute approximate surface area is 235 Å². The predicted octanol–water partition coefficient (Wildman–Crippen LogP) is 6.56. The third kappa shape index (κ3) is 8.38. The lowest BCUT2D eigenvalue weighted by Crippen LogP contribution is -2.28. The van der Waals surface area contributed by atoms with Crippen molar-refractivity contribution < 1.29 is 23.7 Å². The Morgan fingerprint density at radius 3 is 2.45 bits per heavy atom. The van der Waals surface area contributed by atoms with E-state index in [1.807, 2.05) is 40.7 Å². The molecule has 210 valence electrons. The van der Waals surface area contributed by atoms with Crippen LogP contribution in [0.1, 0.15) is 72.4 Å². The van der Waals surface area contributed by atoms with Crippen LogP contribution in [0.15, 0.2) is 34.8 Å². The van der Waals surface area contributed by atoms with E-state index in [0.29, 0.717) is 25.0 Å². The molecular formula is C30H43BrN2O5. The van der Waals surface area contributed by atoms with Crippen molar-refractivity contribution in [1.29, 1.82) is 0 Å². The van der Waals surface area contributed by atoms with Gasteiger partial charge in [-0.1, -0.05) is 30.3 Å². The van der Waals surface area contributed by atoms with E-state index in [9.17, 15) is 4.79 Å². The van der Waals surface area contributed by atoms with Crippen LogP contribution in [0.3, 0.4) is 0 Å². The number of hydrogen-bond acceptors (Lipinski definition) is 6. The van der Waals surface area contributed by atoms with Crippen LogP contribution >= 0.6 is 15.9 Å². The maximum Gasteiger partial charge on any atom is 0.332 e. The first-order valence-electron chi connectivity index (χ1n) is 13.9. The molecule has 1 saturated carbocycles. The molecule has 1 saturated heterocycles. The highest BCUT2D eigenvalue weighted by Gasteiger charge is 2.33. The van der Waals surface area contributed by atoms with E-state index in [2.05, 4.69) is 44.9 Å². The fourth-order valence-corrected chi connectivity index (χ4v) is 6.07. The fourth-order valence-electron chi connectivity index (χ4n) is 5.36. The van der Waals surface area contributed by atoms with Gasteiger partial charge in [0.25, 0.3) is 0 Å². The molecule has 4 rings (SSSR count). The molecule has 2 aliphatic rings. The van der Waals surface area contributed by atoms with Crippen LogP contribution in [0.5, 0.6) is 0 Å². The van der Waals surface area contributed by atoms with Crippen LogP contribution in [0.25, 0.3) is 11.3 Å². The monoisotopic (exact) mass is 590 g/mol. The molecule has 8 heteroatoms. The molecule has 2 fully saturated rings. The summed E-state index contributed by atoms with van der Waals surface area (Å²) in [7, 11) is 0. The first-order valence-corrected chi connectivity index (χ1v) is 14.7. The molecule has 0 unspecified atom stereocenters. The fraction of sp³-hybridized carbons (Fsp3) is 0.667. The van der Waals surface area contributed by atoms with Crippen LogP contribution < -0.4 is 0 Å². The highest BCUT2D eigenvalue weighted by Crippen LogP contribution is 2.36. The second-order valence-corrected chi connectivity index (χ2v) is 12.9. The zero-order valence-electron chi connectivity index (χ0n) is 23.5. The summed E-state index contributed by atoms with van der Waals surface area (Å²) in [5.74, 6) is 0.248. The molecule has 0 N–H and O–H groups in total. The van der Waals surface area contributed by atoms with Gasteiger partial charge in [0.1, 0.15) is 12.2 Å². The van der Waals surface area contributed by atoms with Crippen molar-refractivity contribution in [3.63, 3.8) is 0 Å². The number of aromatic nitrogens is 2. The van der Waals surface area contributed by atoms with Crippen molar-refractivity contribution in [3.05, 3.63) is 40.5 Å². The summed E-state index contributed by atoms with van der Waals surface area (Å²) in [4.78, 5) is 11.9. The largest absolute Gasteiger partial charge is 0.458 e. The van der Waals surface area contributed by atoms with Gasteiger partial charge in [0.15, 0.2) is 5.79 Å². The lowest BCUT2D eigenvalue weighted by atomic mass is 9.82. The molecular weight excluding hydrogens is 548 g/mol. The van der Waals surface area contributed by atoms with E-state index in [1.165, 1.54) is 5.56 Å². The van der Waals surface area contributed by atoms with E-state index in [-0.39, 0.29) is 18.7 Å². The predicted molar refractivity (Wildman–Crippen MR) is 151 cm³/mol. The first kappa shape index (κ1) is 29.2. The van der Waals surface area contributed by atoms with Crippen molar-refractivity contribution in [2.24, 2.45) is 11.8 Å². The van der Waals surface area contributed by atoms with Crippen molar-refractivity contribution in [1.82, 2.24) is 9.78 Å². The summed E-state index contributed by atoms with van der Waals surface area (Å²) in [6, 6.07) is 10.5. The van der Waals surface area contributed by atoms with Crippen molar-refractivity contribution in [2.75, 3.05) is 19.8 Å². The molecule has 7 nitrogen and oxygen atoms in total. The molecule has 2 heterocycles. The number of carbonyl (C=O) groups excluding carboxylic acids is 1. The third-order valence-corrected chi connectivity index (χ3v) is 8.00. The summed E-state index contributed by atoms with van der Waals surface area (Å²) in [6.07, 6.45) is 6.26. The van der Waals surface area contributed by atoms with Gasteiger partial charge in [-0.2, -0.15) is 5.10 Å². The summed E-state index contributed by atoms with van der Waals surface area (Å²) in [5.41, 5.74) is 2.91. The van der Waals surface area contributed by atoms with Crippen LogP contribution in [0, 0.1) is 11.8 Å². The van der Waals surface area contributed by atoms with E-state index >= 15 is 0 Å². The minimum atomic E-state index is -0.504. The van der Waals surface area contributed by atoms with E-state index < -0.39 is 11.4 Å². The lowest BCUT2D eigenvalue weighted by Gasteiger charge is -2.28. The zero-order valence-corrected chi connectivity index (χ0v) is 25.1. The standard InChI is InChI=1S/C30H43BrN2O5/c1-29(2,3)38-26(34)20-35-18-22-13-11-21(12-14-22)17-33-28(23-9-7-6-8-10-23)27(31)25(32-33)16-15-24-19-36-30(4,5)37-24/h6-10,21-22,24H,11-20H2,1-5H3/t21-,22-,24-/m0/s1. The number of carbonyl (C=O) groups is 1. The Balaban J connectivity index is 1.34. The van der Waals surface area contributed by atoms with Gasteiger partial charge in [0.2, 0.25) is 0 Å². The van der Waals surface area contributed by atoms with Gasteiger partial charge < -0.3 is 18.9 Å². The third-order valence-electron chi connectivity index (χ3n) is 7.17. The van der Waals surface area contributed by atoms with Crippen LogP contribution in [-0.2, 0) is 36.7 Å². The minimum Gasteiger partial charge on any atom is -0.458 e. The molecule has 1 aromatic carbocycles. The highest BCUT2D eigenvalue weighted by molar-refractivity contribution is 9.10. The molecule has 2 aromatic rings. The number of esters is 1. The summed E-state index contributed by atoms with van der Waals surface area (Å²) in [6.45, 7) is 11.7. The lowest BCUT2D eigenvalue weighted by molar-refractivity contribution is -0.160. The summed E-state index contributed by atoms with van der Waals surface area (Å²) >= 11 is 3.89.